The van der Waals surface area contributed by atoms with Crippen molar-refractivity contribution in [2.75, 3.05) is 5.32 Å². The summed E-state index contributed by atoms with van der Waals surface area (Å²) in [5, 5.41) is 6.73. The number of hydrogen-bond acceptors (Lipinski definition) is 3. The van der Waals surface area contributed by atoms with E-state index in [9.17, 15) is 4.79 Å². The number of aryl methyl sites for hydroxylation is 1. The molecule has 3 aromatic carbocycles. The van der Waals surface area contributed by atoms with Gasteiger partial charge in [-0.05, 0) is 72.1 Å². The van der Waals surface area contributed by atoms with Crippen molar-refractivity contribution in [2.24, 2.45) is 0 Å². The van der Waals surface area contributed by atoms with Gasteiger partial charge in [0.2, 0.25) is 0 Å². The van der Waals surface area contributed by atoms with Crippen molar-refractivity contribution in [1.29, 1.82) is 0 Å². The van der Waals surface area contributed by atoms with Gasteiger partial charge in [0.05, 0.1) is 11.0 Å². The van der Waals surface area contributed by atoms with Crippen molar-refractivity contribution in [3.05, 3.63) is 82.4 Å². The summed E-state index contributed by atoms with van der Waals surface area (Å²) in [7, 11) is 0. The zero-order valence-corrected chi connectivity index (χ0v) is 20.5. The minimum atomic E-state index is -0.256. The molecule has 0 unspecified atom stereocenters. The summed E-state index contributed by atoms with van der Waals surface area (Å²) >= 11 is 11.6. The molecule has 0 atom stereocenters. The number of H-pyrrole nitrogens is 1. The largest absolute Gasteiger partial charge is 0.338 e. The van der Waals surface area contributed by atoms with Gasteiger partial charge >= 0.3 is 0 Å². The number of carbonyl (C=O) groups excluding carboxylic acids is 1. The second-order valence-electron chi connectivity index (χ2n) is 9.02. The maximum absolute atomic E-state index is 12.6. The lowest BCUT2D eigenvalue weighted by atomic mass is 9.87. The molecular weight excluding hydrogens is 452 g/mol. The molecule has 5 nitrogen and oxygen atoms in total. The van der Waals surface area contributed by atoms with Crippen molar-refractivity contribution >= 4 is 51.6 Å². The smallest absolute Gasteiger partial charge is 0.257 e. The molecule has 33 heavy (non-hydrogen) atoms. The van der Waals surface area contributed by atoms with Gasteiger partial charge in [-0.25, -0.2) is 4.98 Å². The first-order valence-electron chi connectivity index (χ1n) is 10.6. The van der Waals surface area contributed by atoms with Crippen LogP contribution >= 0.6 is 23.8 Å². The minimum Gasteiger partial charge on any atom is -0.338 e. The lowest BCUT2D eigenvalue weighted by Crippen LogP contribution is -2.34. The van der Waals surface area contributed by atoms with Crippen LogP contribution in [0.4, 0.5) is 5.69 Å². The predicted molar refractivity (Wildman–Crippen MR) is 140 cm³/mol. The fourth-order valence-electron chi connectivity index (χ4n) is 3.48. The average molecular weight is 477 g/mol. The Balaban J connectivity index is 1.46. The second-order valence-corrected chi connectivity index (χ2v) is 9.84. The van der Waals surface area contributed by atoms with Gasteiger partial charge in [0.1, 0.15) is 5.82 Å². The van der Waals surface area contributed by atoms with E-state index in [1.54, 1.807) is 0 Å². The van der Waals surface area contributed by atoms with Crippen LogP contribution in [0.25, 0.3) is 22.4 Å². The van der Waals surface area contributed by atoms with Gasteiger partial charge in [-0.3, -0.25) is 10.1 Å². The van der Waals surface area contributed by atoms with Crippen LogP contribution in [0.5, 0.6) is 0 Å². The van der Waals surface area contributed by atoms with E-state index in [4.69, 9.17) is 23.8 Å². The number of benzene rings is 3. The molecule has 1 amide bonds. The van der Waals surface area contributed by atoms with Crippen LogP contribution in [-0.2, 0) is 5.41 Å². The monoisotopic (exact) mass is 476 g/mol. The summed E-state index contributed by atoms with van der Waals surface area (Å²) in [6, 6.07) is 19.1. The Bertz CT molecular complexity index is 1310. The number of amides is 1. The molecule has 168 valence electrons. The van der Waals surface area contributed by atoms with Crippen LogP contribution in [0.3, 0.4) is 0 Å². The van der Waals surface area contributed by atoms with Gasteiger partial charge in [0.15, 0.2) is 5.11 Å². The molecule has 3 N–H and O–H groups in total. The molecule has 4 rings (SSSR count). The highest BCUT2D eigenvalue weighted by Crippen LogP contribution is 2.27. The van der Waals surface area contributed by atoms with Crippen LogP contribution in [0.15, 0.2) is 60.7 Å². The van der Waals surface area contributed by atoms with E-state index in [-0.39, 0.29) is 16.4 Å². The van der Waals surface area contributed by atoms with Crippen molar-refractivity contribution in [3.8, 4) is 11.4 Å². The molecule has 0 saturated heterocycles. The lowest BCUT2D eigenvalue weighted by Gasteiger charge is -2.19. The molecule has 0 saturated carbocycles. The zero-order chi connectivity index (χ0) is 23.8. The number of nitrogens with zero attached hydrogens (tertiary/aromatic N) is 1. The second kappa shape index (κ2) is 8.96. The van der Waals surface area contributed by atoms with Gasteiger partial charge in [0.25, 0.3) is 5.91 Å². The number of fused-ring (bicyclic) bond motifs is 1. The van der Waals surface area contributed by atoms with E-state index in [0.29, 0.717) is 10.6 Å². The van der Waals surface area contributed by atoms with E-state index >= 15 is 0 Å². The first-order valence-corrected chi connectivity index (χ1v) is 11.4. The highest BCUT2D eigenvalue weighted by Gasteiger charge is 2.15. The average Bonchev–Trinajstić information content (AvgIpc) is 3.16. The molecular formula is C26H25ClN4OS. The summed E-state index contributed by atoms with van der Waals surface area (Å²) in [6.45, 7) is 8.37. The molecule has 0 radical (unpaired) electrons. The van der Waals surface area contributed by atoms with Gasteiger partial charge < -0.3 is 10.3 Å². The molecule has 0 bridgehead atoms. The van der Waals surface area contributed by atoms with Gasteiger partial charge in [-0.1, -0.05) is 56.6 Å². The van der Waals surface area contributed by atoms with Crippen LogP contribution in [0.2, 0.25) is 5.02 Å². The van der Waals surface area contributed by atoms with Crippen LogP contribution in [-0.4, -0.2) is 21.0 Å². The number of halogens is 1. The van der Waals surface area contributed by atoms with Gasteiger partial charge in [0, 0.05) is 21.8 Å². The minimum absolute atomic E-state index is 0.0296. The quantitative estimate of drug-likeness (QED) is 0.291. The van der Waals surface area contributed by atoms with E-state index in [0.717, 1.165) is 33.7 Å². The molecule has 4 aromatic rings. The topological polar surface area (TPSA) is 69.8 Å². The third-order valence-corrected chi connectivity index (χ3v) is 6.01. The molecule has 7 heteroatoms. The number of carbonyl (C=O) groups is 1. The summed E-state index contributed by atoms with van der Waals surface area (Å²) in [4.78, 5) is 20.6. The summed E-state index contributed by atoms with van der Waals surface area (Å²) in [6.07, 6.45) is 0. The van der Waals surface area contributed by atoms with Crippen LogP contribution in [0, 0.1) is 6.92 Å². The van der Waals surface area contributed by atoms with Crippen molar-refractivity contribution in [3.63, 3.8) is 0 Å². The molecule has 1 heterocycles. The van der Waals surface area contributed by atoms with Crippen molar-refractivity contribution < 1.29 is 4.79 Å². The highest BCUT2D eigenvalue weighted by molar-refractivity contribution is 7.80. The van der Waals surface area contributed by atoms with Crippen LogP contribution in [0.1, 0.15) is 42.3 Å². The Morgan fingerprint density at radius 2 is 1.79 bits per heavy atom. The van der Waals surface area contributed by atoms with E-state index in [2.05, 4.69) is 41.4 Å². The first-order chi connectivity index (χ1) is 15.6. The number of hydrogen-bond donors (Lipinski definition) is 3. The number of imidazole rings is 1. The Morgan fingerprint density at radius 1 is 1.06 bits per heavy atom. The number of thiocarbonyl (C=S) groups is 1. The summed E-state index contributed by atoms with van der Waals surface area (Å²) in [5.41, 5.74) is 6.10. The van der Waals surface area contributed by atoms with E-state index in [1.165, 1.54) is 5.56 Å². The maximum atomic E-state index is 12.6. The number of aromatic amines is 1. The maximum Gasteiger partial charge on any atom is 0.257 e. The lowest BCUT2D eigenvalue weighted by molar-refractivity contribution is 0.0977. The number of anilines is 1. The van der Waals surface area contributed by atoms with Gasteiger partial charge in [-0.2, -0.15) is 0 Å². The third kappa shape index (κ3) is 5.24. The Hall–Kier alpha value is -3.22. The molecule has 0 aliphatic heterocycles. The first kappa shape index (κ1) is 23.0. The molecule has 0 fully saturated rings. The SMILES string of the molecule is Cc1cc2[nH]c(-c3cccc(NC(=S)NC(=O)c4ccc(C(C)(C)C)cc4)c3)nc2cc1Cl. The Kier molecular flexibility index (Phi) is 6.23. The Morgan fingerprint density at radius 3 is 2.48 bits per heavy atom. The third-order valence-electron chi connectivity index (χ3n) is 5.40. The molecule has 0 aliphatic rings. The standard InChI is InChI=1S/C26H25ClN4OS/c1-15-12-21-22(14-20(15)27)30-23(29-21)17-6-5-7-19(13-17)28-25(33)31-24(32)16-8-10-18(11-9-16)26(2,3)4/h5-14H,1-4H3,(H,29,30)(H2,28,31,32,33). The fraction of sp³-hybridized carbons (Fsp3) is 0.192. The number of rotatable bonds is 3. The molecule has 0 spiro atoms. The summed E-state index contributed by atoms with van der Waals surface area (Å²) in [5.74, 6) is 0.470. The molecule has 1 aromatic heterocycles. The Labute approximate surface area is 203 Å². The van der Waals surface area contributed by atoms with E-state index < -0.39 is 0 Å². The zero-order valence-electron chi connectivity index (χ0n) is 18.9. The van der Waals surface area contributed by atoms with E-state index in [1.807, 2.05) is 67.6 Å². The van der Waals surface area contributed by atoms with Crippen molar-refractivity contribution in [2.45, 2.75) is 33.1 Å². The molecule has 0 aliphatic carbocycles. The normalized spacial score (nSPS) is 11.4. The van der Waals surface area contributed by atoms with Crippen LogP contribution < -0.4 is 10.6 Å². The predicted octanol–water partition coefficient (Wildman–Crippen LogP) is 6.62. The fourth-order valence-corrected chi connectivity index (χ4v) is 3.85. The van der Waals surface area contributed by atoms with Crippen molar-refractivity contribution in [1.82, 2.24) is 15.3 Å². The highest BCUT2D eigenvalue weighted by atomic mass is 35.5. The van der Waals surface area contributed by atoms with Gasteiger partial charge in [-0.15, -0.1) is 0 Å². The number of nitrogens with one attached hydrogen (secondary N) is 3. The number of aromatic nitrogens is 2. The summed E-state index contributed by atoms with van der Waals surface area (Å²) < 4.78 is 0.